The lowest BCUT2D eigenvalue weighted by Gasteiger charge is -2.30. The van der Waals surface area contributed by atoms with E-state index in [4.69, 9.17) is 14.2 Å². The van der Waals surface area contributed by atoms with Crippen LogP contribution in [0.2, 0.25) is 0 Å². The molecule has 0 aliphatic carbocycles. The predicted molar refractivity (Wildman–Crippen MR) is 86.9 cm³/mol. The van der Waals surface area contributed by atoms with Gasteiger partial charge in [-0.25, -0.2) is 8.42 Å². The summed E-state index contributed by atoms with van der Waals surface area (Å²) >= 11 is 0. The largest absolute Gasteiger partial charge is 0.481 e. The molecule has 1 aliphatic heterocycles. The molecule has 9 nitrogen and oxygen atoms in total. The minimum atomic E-state index is -3.71. The Labute approximate surface area is 141 Å². The lowest BCUT2D eigenvalue weighted by molar-refractivity contribution is -0.133. The molecule has 0 aromatic carbocycles. The molecule has 0 atom stereocenters. The molecule has 0 bridgehead atoms. The van der Waals surface area contributed by atoms with Crippen molar-refractivity contribution in [2.75, 3.05) is 57.6 Å². The highest BCUT2D eigenvalue weighted by Crippen LogP contribution is 2.30. The number of methoxy groups -OCH3 is 2. The van der Waals surface area contributed by atoms with Gasteiger partial charge in [0.1, 0.15) is 12.2 Å². The number of carbonyl (C=O) groups excluding carboxylic acids is 1. The van der Waals surface area contributed by atoms with Gasteiger partial charge in [0.15, 0.2) is 0 Å². The fourth-order valence-corrected chi connectivity index (χ4v) is 3.13. The van der Waals surface area contributed by atoms with E-state index in [-0.39, 0.29) is 29.9 Å². The summed E-state index contributed by atoms with van der Waals surface area (Å²) in [6.45, 7) is 1.43. The molecule has 0 saturated carbocycles. The minimum Gasteiger partial charge on any atom is -0.481 e. The molecule has 1 fully saturated rings. The normalized spacial score (nSPS) is 15.0. The van der Waals surface area contributed by atoms with Crippen LogP contribution in [0.3, 0.4) is 0 Å². The molecule has 1 saturated heterocycles. The summed E-state index contributed by atoms with van der Waals surface area (Å²) in [4.78, 5) is 18.1. The first kappa shape index (κ1) is 18.3. The SMILES string of the molecule is COc1ccc(N(CC(=O)N2CCOCC2)S(C)(=O)=O)c(OC)n1. The van der Waals surface area contributed by atoms with Gasteiger partial charge in [0.25, 0.3) is 0 Å². The molecule has 1 aromatic rings. The zero-order valence-electron chi connectivity index (χ0n) is 13.9. The smallest absolute Gasteiger partial charge is 0.243 e. The first-order chi connectivity index (χ1) is 11.4. The van der Waals surface area contributed by atoms with E-state index in [1.54, 1.807) is 4.90 Å². The number of amides is 1. The predicted octanol–water partition coefficient (Wildman–Crippen LogP) is -0.276. The van der Waals surface area contributed by atoms with Gasteiger partial charge in [0.2, 0.25) is 27.7 Å². The van der Waals surface area contributed by atoms with E-state index in [1.165, 1.54) is 26.4 Å². The van der Waals surface area contributed by atoms with Gasteiger partial charge in [-0.3, -0.25) is 9.10 Å². The summed E-state index contributed by atoms with van der Waals surface area (Å²) in [6.07, 6.45) is 1.03. The number of ether oxygens (including phenoxy) is 3. The molecular weight excluding hydrogens is 338 g/mol. The monoisotopic (exact) mass is 359 g/mol. The number of hydrogen-bond acceptors (Lipinski definition) is 7. The molecular formula is C14H21N3O6S. The Morgan fingerprint density at radius 3 is 2.50 bits per heavy atom. The number of nitrogens with zero attached hydrogens (tertiary/aromatic N) is 3. The van der Waals surface area contributed by atoms with Gasteiger partial charge in [0.05, 0.1) is 33.7 Å². The summed E-state index contributed by atoms with van der Waals surface area (Å²) in [5.74, 6) is 0.0414. The third kappa shape index (κ3) is 4.26. The minimum absolute atomic E-state index is 0.0644. The molecule has 1 amide bonds. The van der Waals surface area contributed by atoms with Crippen LogP contribution in [0.15, 0.2) is 12.1 Å². The van der Waals surface area contributed by atoms with Gasteiger partial charge in [-0.2, -0.15) is 4.98 Å². The van der Waals surface area contributed by atoms with Crippen LogP contribution in [0.25, 0.3) is 0 Å². The average molecular weight is 359 g/mol. The van der Waals surface area contributed by atoms with Crippen molar-refractivity contribution < 1.29 is 27.4 Å². The number of anilines is 1. The Balaban J connectivity index is 2.31. The Morgan fingerprint density at radius 1 is 1.29 bits per heavy atom. The number of morpholine rings is 1. The highest BCUT2D eigenvalue weighted by molar-refractivity contribution is 7.92. The zero-order valence-corrected chi connectivity index (χ0v) is 14.7. The van der Waals surface area contributed by atoms with Crippen molar-refractivity contribution in [1.82, 2.24) is 9.88 Å². The van der Waals surface area contributed by atoms with E-state index in [1.807, 2.05) is 0 Å². The Morgan fingerprint density at radius 2 is 1.96 bits per heavy atom. The van der Waals surface area contributed by atoms with E-state index in [2.05, 4.69) is 4.98 Å². The number of hydrogen-bond donors (Lipinski definition) is 0. The zero-order chi connectivity index (χ0) is 17.7. The number of sulfonamides is 1. The second-order valence-corrected chi connectivity index (χ2v) is 7.05. The van der Waals surface area contributed by atoms with Crippen molar-refractivity contribution >= 4 is 21.6 Å². The van der Waals surface area contributed by atoms with Crippen LogP contribution in [0.5, 0.6) is 11.8 Å². The first-order valence-corrected chi connectivity index (χ1v) is 9.14. The lowest BCUT2D eigenvalue weighted by Crippen LogP contribution is -2.47. The van der Waals surface area contributed by atoms with Crippen LogP contribution in [-0.4, -0.2) is 77.5 Å². The van der Waals surface area contributed by atoms with Gasteiger partial charge in [-0.05, 0) is 6.07 Å². The third-order valence-electron chi connectivity index (χ3n) is 3.53. The number of pyridine rings is 1. The molecule has 0 spiro atoms. The van der Waals surface area contributed by atoms with Crippen molar-refractivity contribution in [3.05, 3.63) is 12.1 Å². The summed E-state index contributed by atoms with van der Waals surface area (Å²) in [7, 11) is -0.897. The summed E-state index contributed by atoms with van der Waals surface area (Å²) < 4.78 is 40.7. The number of rotatable bonds is 6. The second-order valence-electron chi connectivity index (χ2n) is 5.14. The maximum atomic E-state index is 12.4. The molecule has 0 unspecified atom stereocenters. The maximum absolute atomic E-state index is 12.4. The van der Waals surface area contributed by atoms with Crippen LogP contribution < -0.4 is 13.8 Å². The van der Waals surface area contributed by atoms with Crippen LogP contribution in [0.4, 0.5) is 5.69 Å². The Bertz CT molecular complexity index is 688. The van der Waals surface area contributed by atoms with Crippen molar-refractivity contribution in [2.45, 2.75) is 0 Å². The van der Waals surface area contributed by atoms with Crippen LogP contribution in [-0.2, 0) is 19.6 Å². The van der Waals surface area contributed by atoms with Gasteiger partial charge in [-0.15, -0.1) is 0 Å². The van der Waals surface area contributed by atoms with Gasteiger partial charge in [0, 0.05) is 19.2 Å². The molecule has 1 aromatic heterocycles. The molecule has 1 aliphatic rings. The van der Waals surface area contributed by atoms with Gasteiger partial charge >= 0.3 is 0 Å². The van der Waals surface area contributed by atoms with E-state index in [0.717, 1.165) is 10.6 Å². The Hall–Kier alpha value is -2.07. The van der Waals surface area contributed by atoms with Crippen molar-refractivity contribution in [1.29, 1.82) is 0 Å². The van der Waals surface area contributed by atoms with Gasteiger partial charge < -0.3 is 19.1 Å². The standard InChI is InChI=1S/C14H21N3O6S/c1-21-12-5-4-11(14(15-12)22-2)17(24(3,19)20)10-13(18)16-6-8-23-9-7-16/h4-5H,6-10H2,1-3H3. The summed E-state index contributed by atoms with van der Waals surface area (Å²) in [5.41, 5.74) is 0.183. The quantitative estimate of drug-likeness (QED) is 0.689. The van der Waals surface area contributed by atoms with Gasteiger partial charge in [-0.1, -0.05) is 0 Å². The molecule has 0 N–H and O–H groups in total. The van der Waals surface area contributed by atoms with E-state index in [9.17, 15) is 13.2 Å². The van der Waals surface area contributed by atoms with Crippen molar-refractivity contribution in [3.63, 3.8) is 0 Å². The van der Waals surface area contributed by atoms with E-state index < -0.39 is 10.0 Å². The highest BCUT2D eigenvalue weighted by Gasteiger charge is 2.28. The first-order valence-electron chi connectivity index (χ1n) is 7.29. The average Bonchev–Trinajstić information content (AvgIpc) is 2.58. The van der Waals surface area contributed by atoms with Crippen molar-refractivity contribution in [2.24, 2.45) is 0 Å². The third-order valence-corrected chi connectivity index (χ3v) is 4.66. The fraction of sp³-hybridized carbons (Fsp3) is 0.571. The van der Waals surface area contributed by atoms with E-state index >= 15 is 0 Å². The number of carbonyl (C=O) groups is 1. The van der Waals surface area contributed by atoms with E-state index in [0.29, 0.717) is 26.3 Å². The Kier molecular flexibility index (Phi) is 5.84. The molecule has 24 heavy (non-hydrogen) atoms. The molecule has 2 rings (SSSR count). The molecule has 2 heterocycles. The topological polar surface area (TPSA) is 98.3 Å². The van der Waals surface area contributed by atoms with Crippen LogP contribution in [0, 0.1) is 0 Å². The second kappa shape index (κ2) is 7.67. The maximum Gasteiger partial charge on any atom is 0.243 e. The summed E-state index contributed by atoms with van der Waals surface area (Å²) in [5, 5.41) is 0. The molecule has 0 radical (unpaired) electrons. The fourth-order valence-electron chi connectivity index (χ4n) is 2.29. The van der Waals surface area contributed by atoms with Crippen LogP contribution >= 0.6 is 0 Å². The molecule has 10 heteroatoms. The van der Waals surface area contributed by atoms with Crippen molar-refractivity contribution in [3.8, 4) is 11.8 Å². The summed E-state index contributed by atoms with van der Waals surface area (Å²) in [6, 6.07) is 3.01. The number of aromatic nitrogens is 1. The van der Waals surface area contributed by atoms with Crippen LogP contribution in [0.1, 0.15) is 0 Å². The highest BCUT2D eigenvalue weighted by atomic mass is 32.2. The lowest BCUT2D eigenvalue weighted by atomic mass is 10.3. The molecule has 134 valence electrons.